The van der Waals surface area contributed by atoms with Crippen molar-refractivity contribution in [1.29, 1.82) is 0 Å². The summed E-state index contributed by atoms with van der Waals surface area (Å²) in [7, 11) is -4.60. The van der Waals surface area contributed by atoms with Crippen LogP contribution < -0.4 is 14.8 Å². The minimum absolute atomic E-state index is 0.0576. The summed E-state index contributed by atoms with van der Waals surface area (Å²) in [5.41, 5.74) is 0.846. The molecule has 0 aromatic heterocycles. The molecule has 4 aromatic carbocycles. The van der Waals surface area contributed by atoms with Crippen LogP contribution in [0, 0.1) is 11.7 Å². The second kappa shape index (κ2) is 15.3. The Hall–Kier alpha value is -4.71. The van der Waals surface area contributed by atoms with Crippen LogP contribution in [0.3, 0.4) is 0 Å². The number of para-hydroxylation sites is 1. The molecule has 0 saturated carbocycles. The lowest BCUT2D eigenvalue weighted by atomic mass is 9.95. The van der Waals surface area contributed by atoms with Crippen LogP contribution in [0.15, 0.2) is 102 Å². The van der Waals surface area contributed by atoms with Gasteiger partial charge in [0.1, 0.15) is 18.2 Å². The van der Waals surface area contributed by atoms with Gasteiger partial charge in [0.2, 0.25) is 5.91 Å². The minimum atomic E-state index is -4.77. The van der Waals surface area contributed by atoms with E-state index in [1.807, 2.05) is 36.8 Å². The van der Waals surface area contributed by atoms with E-state index >= 15 is 0 Å². The van der Waals surface area contributed by atoms with E-state index in [0.29, 0.717) is 34.9 Å². The molecule has 248 valence electrons. The van der Waals surface area contributed by atoms with E-state index in [2.05, 4.69) is 5.32 Å². The van der Waals surface area contributed by atoms with Gasteiger partial charge >= 0.3 is 6.18 Å². The largest absolute Gasteiger partial charge is 0.489 e. The average Bonchev–Trinajstić information content (AvgIpc) is 3.02. The third-order valence-corrected chi connectivity index (χ3v) is 8.56. The number of hydrogen-bond acceptors (Lipinski definition) is 5. The summed E-state index contributed by atoms with van der Waals surface area (Å²) in [6.45, 7) is 4.11. The lowest BCUT2D eigenvalue weighted by molar-refractivity contribution is -0.137. The van der Waals surface area contributed by atoms with Crippen molar-refractivity contribution in [2.45, 2.75) is 56.8 Å². The Labute approximate surface area is 271 Å². The molecule has 0 bridgehead atoms. The van der Waals surface area contributed by atoms with Crippen LogP contribution in [0.25, 0.3) is 0 Å². The van der Waals surface area contributed by atoms with E-state index in [-0.39, 0.29) is 30.9 Å². The number of carbonyl (C=O) groups excluding carboxylic acids is 2. The zero-order chi connectivity index (χ0) is 34.2. The fourth-order valence-corrected chi connectivity index (χ4v) is 5.91. The van der Waals surface area contributed by atoms with Gasteiger partial charge in [0, 0.05) is 12.0 Å². The number of alkyl halides is 3. The highest BCUT2D eigenvalue weighted by molar-refractivity contribution is 7.90. The number of aryl methyl sites for hydroxylation is 1. The Morgan fingerprint density at radius 1 is 0.872 bits per heavy atom. The molecule has 0 aliphatic rings. The van der Waals surface area contributed by atoms with Gasteiger partial charge in [-0.2, -0.15) is 13.2 Å². The monoisotopic (exact) mass is 670 g/mol. The topological polar surface area (TPSA) is 102 Å². The lowest BCUT2D eigenvalue weighted by Crippen LogP contribution is -2.32. The van der Waals surface area contributed by atoms with E-state index in [0.717, 1.165) is 18.2 Å². The van der Waals surface area contributed by atoms with Gasteiger partial charge in [0.25, 0.3) is 15.9 Å². The van der Waals surface area contributed by atoms with Gasteiger partial charge in [-0.3, -0.25) is 9.59 Å². The van der Waals surface area contributed by atoms with Crippen LogP contribution in [0.1, 0.15) is 65.3 Å². The third-order valence-electron chi connectivity index (χ3n) is 7.19. The first kappa shape index (κ1) is 35.1. The summed E-state index contributed by atoms with van der Waals surface area (Å²) in [4.78, 5) is 25.8. The molecule has 4 aromatic rings. The number of nitrogens with one attached hydrogen (secondary N) is 2. The summed E-state index contributed by atoms with van der Waals surface area (Å²) in [5, 5.41) is 3.02. The molecule has 0 spiro atoms. The minimum Gasteiger partial charge on any atom is -0.489 e. The molecule has 2 amide bonds. The number of benzene rings is 4. The number of ether oxygens (including phenoxy) is 1. The number of sulfonamides is 1. The maximum atomic E-state index is 13.8. The Balaban J connectivity index is 1.55. The highest BCUT2D eigenvalue weighted by Gasteiger charge is 2.32. The molecule has 0 radical (unpaired) electrons. The first-order valence-corrected chi connectivity index (χ1v) is 16.3. The molecular weight excluding hydrogens is 636 g/mol. The molecule has 12 heteroatoms. The second-order valence-electron chi connectivity index (χ2n) is 11.4. The molecule has 0 fully saturated rings. The normalized spacial score (nSPS) is 12.4. The van der Waals surface area contributed by atoms with Crippen LogP contribution >= 0.6 is 0 Å². The quantitative estimate of drug-likeness (QED) is 0.145. The summed E-state index contributed by atoms with van der Waals surface area (Å²) in [5.74, 6) is -1.04. The van der Waals surface area contributed by atoms with Gasteiger partial charge in [-0.1, -0.05) is 62.4 Å². The molecule has 0 aliphatic carbocycles. The summed E-state index contributed by atoms with van der Waals surface area (Å²) in [6, 6.07) is 22.5. The third kappa shape index (κ3) is 10.1. The fraction of sp³-hybridized carbons (Fsp3) is 0.257. The first-order valence-electron chi connectivity index (χ1n) is 14.8. The zero-order valence-electron chi connectivity index (χ0n) is 25.7. The fourth-order valence-electron chi connectivity index (χ4n) is 4.85. The van der Waals surface area contributed by atoms with Gasteiger partial charge in [0.05, 0.1) is 16.5 Å². The average molecular weight is 671 g/mol. The molecule has 0 aliphatic heterocycles. The Bertz CT molecular complexity index is 1800. The van der Waals surface area contributed by atoms with Crippen molar-refractivity contribution in [3.05, 3.63) is 131 Å². The Morgan fingerprint density at radius 2 is 1.57 bits per heavy atom. The highest BCUT2D eigenvalue weighted by atomic mass is 32.2. The smallest absolute Gasteiger partial charge is 0.416 e. The Morgan fingerprint density at radius 3 is 2.23 bits per heavy atom. The maximum absolute atomic E-state index is 13.8. The van der Waals surface area contributed by atoms with Crippen LogP contribution in [-0.2, 0) is 34.0 Å². The van der Waals surface area contributed by atoms with Crippen LogP contribution in [-0.4, -0.2) is 20.2 Å². The van der Waals surface area contributed by atoms with Crippen molar-refractivity contribution in [1.82, 2.24) is 10.0 Å². The zero-order valence-corrected chi connectivity index (χ0v) is 26.5. The van der Waals surface area contributed by atoms with E-state index in [4.69, 9.17) is 4.74 Å². The van der Waals surface area contributed by atoms with Crippen molar-refractivity contribution in [2.24, 2.45) is 5.92 Å². The molecular formula is C35H34F4N2O5S. The van der Waals surface area contributed by atoms with Crippen molar-refractivity contribution in [3.63, 3.8) is 0 Å². The molecule has 1 unspecified atom stereocenters. The second-order valence-corrected chi connectivity index (χ2v) is 13.0. The molecule has 7 nitrogen and oxygen atoms in total. The SMILES string of the molecule is CC(C)CC(NC(=O)c1cc(COc2ccccc2)ccc1CCC(=O)NS(=O)(=O)c1cccc(C(F)(F)F)c1)c1ccc(F)cc1. The molecule has 1 atom stereocenters. The summed E-state index contributed by atoms with van der Waals surface area (Å²) >= 11 is 0. The first-order chi connectivity index (χ1) is 22.2. The van der Waals surface area contributed by atoms with Gasteiger partial charge in [-0.05, 0) is 84.0 Å². The molecule has 0 saturated heterocycles. The van der Waals surface area contributed by atoms with Crippen LogP contribution in [0.2, 0.25) is 0 Å². The van der Waals surface area contributed by atoms with Gasteiger partial charge in [-0.25, -0.2) is 17.5 Å². The van der Waals surface area contributed by atoms with Crippen molar-refractivity contribution in [3.8, 4) is 5.75 Å². The van der Waals surface area contributed by atoms with Crippen LogP contribution in [0.4, 0.5) is 17.6 Å². The molecule has 0 heterocycles. The number of halogens is 4. The number of amides is 2. The number of hydrogen-bond donors (Lipinski definition) is 2. The van der Waals surface area contributed by atoms with Crippen LogP contribution in [0.5, 0.6) is 5.75 Å². The van der Waals surface area contributed by atoms with Gasteiger partial charge in [0.15, 0.2) is 0 Å². The lowest BCUT2D eigenvalue weighted by Gasteiger charge is -2.22. The van der Waals surface area contributed by atoms with Gasteiger partial charge < -0.3 is 10.1 Å². The number of carbonyl (C=O) groups is 2. The summed E-state index contributed by atoms with van der Waals surface area (Å²) < 4.78 is 86.0. The van der Waals surface area contributed by atoms with E-state index < -0.39 is 50.3 Å². The van der Waals surface area contributed by atoms with Crippen molar-refractivity contribution < 1.29 is 40.3 Å². The van der Waals surface area contributed by atoms with E-state index in [1.54, 1.807) is 42.5 Å². The summed E-state index contributed by atoms with van der Waals surface area (Å²) in [6.07, 6.45) is -4.65. The van der Waals surface area contributed by atoms with Crippen molar-refractivity contribution in [2.75, 3.05) is 0 Å². The predicted octanol–water partition coefficient (Wildman–Crippen LogP) is 7.38. The standard InChI is InChI=1S/C35H34F4N2O5S/c1-23(2)19-32(26-13-16-28(36)17-14-26)40-34(43)31-20-24(22-46-29-8-4-3-5-9-29)11-12-25(31)15-18-33(42)41-47(44,45)30-10-6-7-27(21-30)35(37,38)39/h3-14,16-17,20-21,23,32H,15,18-19,22H2,1-2H3,(H,40,43)(H,41,42). The van der Waals surface area contributed by atoms with E-state index in [1.165, 1.54) is 12.1 Å². The Kier molecular flexibility index (Phi) is 11.4. The highest BCUT2D eigenvalue weighted by Crippen LogP contribution is 2.30. The number of rotatable bonds is 13. The molecule has 2 N–H and O–H groups in total. The van der Waals surface area contributed by atoms with E-state index in [9.17, 15) is 35.6 Å². The van der Waals surface area contributed by atoms with Crippen molar-refractivity contribution >= 4 is 21.8 Å². The van der Waals surface area contributed by atoms with Gasteiger partial charge in [-0.15, -0.1) is 0 Å². The predicted molar refractivity (Wildman–Crippen MR) is 168 cm³/mol. The maximum Gasteiger partial charge on any atom is 0.416 e. The molecule has 47 heavy (non-hydrogen) atoms. The molecule has 4 rings (SSSR count).